The number of benzene rings is 3. The molecule has 0 aliphatic heterocycles. The minimum absolute atomic E-state index is 0.682. The van der Waals surface area contributed by atoms with Crippen LogP contribution in [0.1, 0.15) is 25.3 Å². The van der Waals surface area contributed by atoms with Crippen LogP contribution < -0.4 is 14.8 Å². The van der Waals surface area contributed by atoms with Crippen molar-refractivity contribution < 1.29 is 9.47 Å². The van der Waals surface area contributed by atoms with Crippen LogP contribution in [0.2, 0.25) is 0 Å². The van der Waals surface area contributed by atoms with Crippen LogP contribution in [0.3, 0.4) is 0 Å². The van der Waals surface area contributed by atoms with E-state index in [0.29, 0.717) is 6.61 Å². The molecule has 0 aromatic heterocycles. The third kappa shape index (κ3) is 6.07. The molecule has 0 saturated carbocycles. The number of hydrogen-bond acceptors (Lipinski definition) is 3. The molecule has 3 rings (SSSR count). The largest absolute Gasteiger partial charge is 0.493 e. The first-order valence-corrected chi connectivity index (χ1v) is 9.54. The first-order valence-electron chi connectivity index (χ1n) is 9.54. The maximum absolute atomic E-state index is 6.03. The number of hydrogen-bond donors (Lipinski definition) is 1. The van der Waals surface area contributed by atoms with Crippen LogP contribution in [0.25, 0.3) is 0 Å². The highest BCUT2D eigenvalue weighted by atomic mass is 16.5. The molecular weight excluding hydrogens is 334 g/mol. The molecule has 0 atom stereocenters. The van der Waals surface area contributed by atoms with E-state index >= 15 is 0 Å². The zero-order chi connectivity index (χ0) is 18.7. The van der Waals surface area contributed by atoms with Gasteiger partial charge < -0.3 is 14.8 Å². The van der Waals surface area contributed by atoms with Crippen molar-refractivity contribution >= 4 is 5.69 Å². The molecule has 3 aromatic carbocycles. The molecule has 0 bridgehead atoms. The Kier molecular flexibility index (Phi) is 7.16. The Labute approximate surface area is 162 Å². The lowest BCUT2D eigenvalue weighted by Crippen LogP contribution is -2.08. The molecule has 0 fully saturated rings. The monoisotopic (exact) mass is 360 g/mol. The molecule has 0 amide bonds. The number of rotatable bonds is 10. The SMILES string of the molecule is CCCc1cc(Oc2ccccc2)ccc1OCCCNc1cc[c]cc1. The van der Waals surface area contributed by atoms with E-state index < -0.39 is 0 Å². The van der Waals surface area contributed by atoms with E-state index in [-0.39, 0.29) is 0 Å². The van der Waals surface area contributed by atoms with Crippen molar-refractivity contribution in [2.24, 2.45) is 0 Å². The smallest absolute Gasteiger partial charge is 0.127 e. The highest BCUT2D eigenvalue weighted by molar-refractivity contribution is 5.43. The summed E-state index contributed by atoms with van der Waals surface area (Å²) in [5.41, 5.74) is 2.31. The summed E-state index contributed by atoms with van der Waals surface area (Å²) >= 11 is 0. The summed E-state index contributed by atoms with van der Waals surface area (Å²) in [6, 6.07) is 26.8. The third-order valence-corrected chi connectivity index (χ3v) is 4.16. The second-order valence-corrected chi connectivity index (χ2v) is 6.35. The van der Waals surface area contributed by atoms with Crippen LogP contribution in [0.5, 0.6) is 17.2 Å². The molecule has 0 aliphatic carbocycles. The molecule has 1 radical (unpaired) electrons. The molecular formula is C24H26NO2. The highest BCUT2D eigenvalue weighted by Crippen LogP contribution is 2.28. The predicted molar refractivity (Wildman–Crippen MR) is 111 cm³/mol. The average Bonchev–Trinajstić information content (AvgIpc) is 2.71. The van der Waals surface area contributed by atoms with E-state index in [2.05, 4.69) is 24.4 Å². The Balaban J connectivity index is 1.53. The Morgan fingerprint density at radius 3 is 2.52 bits per heavy atom. The third-order valence-electron chi connectivity index (χ3n) is 4.16. The van der Waals surface area contributed by atoms with Crippen LogP contribution in [0, 0.1) is 6.07 Å². The molecule has 3 heteroatoms. The van der Waals surface area contributed by atoms with Crippen molar-refractivity contribution in [3.05, 3.63) is 84.4 Å². The standard InChI is InChI=1S/C24H26NO2/c1-2-10-20-19-23(27-22-13-7-4-8-14-22)15-16-24(20)26-18-9-17-25-21-11-5-3-6-12-21/h4-8,11-16,19,25H,2,9-10,17-18H2,1H3. The maximum atomic E-state index is 6.03. The Hall–Kier alpha value is -2.94. The number of aryl methyl sites for hydroxylation is 1. The van der Waals surface area contributed by atoms with Gasteiger partial charge in [-0.05, 0) is 66.9 Å². The lowest BCUT2D eigenvalue weighted by Gasteiger charge is -2.14. The summed E-state index contributed by atoms with van der Waals surface area (Å²) in [6.07, 6.45) is 2.98. The second-order valence-electron chi connectivity index (χ2n) is 6.35. The van der Waals surface area contributed by atoms with Crippen molar-refractivity contribution in [3.63, 3.8) is 0 Å². The van der Waals surface area contributed by atoms with E-state index in [0.717, 1.165) is 48.7 Å². The van der Waals surface area contributed by atoms with E-state index in [1.807, 2.05) is 66.7 Å². The first-order chi connectivity index (χ1) is 13.3. The van der Waals surface area contributed by atoms with Crippen molar-refractivity contribution in [3.8, 4) is 17.2 Å². The first kappa shape index (κ1) is 18.8. The van der Waals surface area contributed by atoms with Gasteiger partial charge in [-0.15, -0.1) is 0 Å². The van der Waals surface area contributed by atoms with Gasteiger partial charge in [0, 0.05) is 12.2 Å². The fourth-order valence-corrected chi connectivity index (χ4v) is 2.84. The Morgan fingerprint density at radius 2 is 1.74 bits per heavy atom. The minimum atomic E-state index is 0.682. The van der Waals surface area contributed by atoms with Crippen molar-refractivity contribution in [2.75, 3.05) is 18.5 Å². The maximum Gasteiger partial charge on any atom is 0.127 e. The number of anilines is 1. The fourth-order valence-electron chi connectivity index (χ4n) is 2.84. The van der Waals surface area contributed by atoms with Gasteiger partial charge in [0.1, 0.15) is 17.2 Å². The zero-order valence-electron chi connectivity index (χ0n) is 15.8. The summed E-state index contributed by atoms with van der Waals surface area (Å²) in [4.78, 5) is 0. The van der Waals surface area contributed by atoms with E-state index in [1.165, 1.54) is 5.56 Å². The molecule has 0 aliphatic rings. The van der Waals surface area contributed by atoms with Crippen molar-refractivity contribution in [1.82, 2.24) is 0 Å². The van der Waals surface area contributed by atoms with Gasteiger partial charge in [-0.2, -0.15) is 0 Å². The molecule has 0 unspecified atom stereocenters. The van der Waals surface area contributed by atoms with Gasteiger partial charge in [-0.3, -0.25) is 0 Å². The summed E-state index contributed by atoms with van der Waals surface area (Å²) in [5.74, 6) is 2.64. The molecule has 0 spiro atoms. The summed E-state index contributed by atoms with van der Waals surface area (Å²) in [6.45, 7) is 3.74. The normalized spacial score (nSPS) is 10.4. The molecule has 3 aromatic rings. The summed E-state index contributed by atoms with van der Waals surface area (Å²) in [7, 11) is 0. The Morgan fingerprint density at radius 1 is 0.926 bits per heavy atom. The number of para-hydroxylation sites is 1. The highest BCUT2D eigenvalue weighted by Gasteiger charge is 2.06. The van der Waals surface area contributed by atoms with Gasteiger partial charge >= 0.3 is 0 Å². The summed E-state index contributed by atoms with van der Waals surface area (Å²) in [5, 5.41) is 3.39. The molecule has 0 heterocycles. The van der Waals surface area contributed by atoms with Crippen LogP contribution in [-0.2, 0) is 6.42 Å². The van der Waals surface area contributed by atoms with Crippen molar-refractivity contribution in [2.45, 2.75) is 26.2 Å². The van der Waals surface area contributed by atoms with Gasteiger partial charge in [0.25, 0.3) is 0 Å². The molecule has 139 valence electrons. The average molecular weight is 360 g/mol. The van der Waals surface area contributed by atoms with Gasteiger partial charge in [0.2, 0.25) is 0 Å². The van der Waals surface area contributed by atoms with E-state index in [4.69, 9.17) is 9.47 Å². The van der Waals surface area contributed by atoms with Gasteiger partial charge in [-0.25, -0.2) is 0 Å². The summed E-state index contributed by atoms with van der Waals surface area (Å²) < 4.78 is 12.0. The van der Waals surface area contributed by atoms with Crippen LogP contribution in [0.15, 0.2) is 72.8 Å². The molecule has 0 saturated heterocycles. The molecule has 1 N–H and O–H groups in total. The number of ether oxygens (including phenoxy) is 2. The lowest BCUT2D eigenvalue weighted by molar-refractivity contribution is 0.311. The second kappa shape index (κ2) is 10.3. The Bertz CT molecular complexity index is 803. The van der Waals surface area contributed by atoms with Crippen molar-refractivity contribution in [1.29, 1.82) is 0 Å². The lowest BCUT2D eigenvalue weighted by atomic mass is 10.1. The van der Waals surface area contributed by atoms with Crippen LogP contribution in [-0.4, -0.2) is 13.2 Å². The van der Waals surface area contributed by atoms with Gasteiger partial charge in [0.05, 0.1) is 6.61 Å². The zero-order valence-corrected chi connectivity index (χ0v) is 15.8. The van der Waals surface area contributed by atoms with Gasteiger partial charge in [0.15, 0.2) is 0 Å². The number of nitrogens with one attached hydrogen (secondary N) is 1. The fraction of sp³-hybridized carbons (Fsp3) is 0.250. The van der Waals surface area contributed by atoms with E-state index in [1.54, 1.807) is 0 Å². The topological polar surface area (TPSA) is 30.5 Å². The van der Waals surface area contributed by atoms with E-state index in [9.17, 15) is 0 Å². The molecule has 27 heavy (non-hydrogen) atoms. The van der Waals surface area contributed by atoms with Crippen LogP contribution in [0.4, 0.5) is 5.69 Å². The predicted octanol–water partition coefficient (Wildman–Crippen LogP) is 6.11. The quantitative estimate of drug-likeness (QED) is 0.442. The molecule has 3 nitrogen and oxygen atoms in total. The minimum Gasteiger partial charge on any atom is -0.493 e. The van der Waals surface area contributed by atoms with Gasteiger partial charge in [-0.1, -0.05) is 43.7 Å². The van der Waals surface area contributed by atoms with Crippen LogP contribution >= 0.6 is 0 Å².